The van der Waals surface area contributed by atoms with Crippen LogP contribution in [-0.4, -0.2) is 57.0 Å². The van der Waals surface area contributed by atoms with Crippen molar-refractivity contribution in [2.75, 3.05) is 37.9 Å². The molecule has 0 unspecified atom stereocenters. The molecule has 0 spiro atoms. The smallest absolute Gasteiger partial charge is 0.465 e. The molecule has 0 N–H and O–H groups in total. The van der Waals surface area contributed by atoms with Crippen molar-refractivity contribution in [3.63, 3.8) is 0 Å². The van der Waals surface area contributed by atoms with Gasteiger partial charge in [0.25, 0.3) is 0 Å². The molecular formula is C24H49BrO5SSi. The molecule has 0 fully saturated rings. The third-order valence-electron chi connectivity index (χ3n) is 5.02. The lowest BCUT2D eigenvalue weighted by molar-refractivity contribution is -0.145. The Morgan fingerprint density at radius 1 is 0.750 bits per heavy atom. The number of unbranched alkanes of at least 4 members (excludes halogenated alkanes) is 8. The van der Waals surface area contributed by atoms with Crippen molar-refractivity contribution >= 4 is 42.5 Å². The molecule has 0 rings (SSSR count). The Balaban J connectivity index is 3.49. The zero-order valence-corrected chi connectivity index (χ0v) is 24.8. The molecule has 0 aromatic carbocycles. The number of carbonyl (C=O) groups is 1. The van der Waals surface area contributed by atoms with E-state index in [0.717, 1.165) is 31.1 Å². The van der Waals surface area contributed by atoms with E-state index in [2.05, 4.69) is 15.9 Å². The summed E-state index contributed by atoms with van der Waals surface area (Å²) in [5, 5.41) is 0. The van der Waals surface area contributed by atoms with Crippen molar-refractivity contribution in [3.8, 4) is 0 Å². The van der Waals surface area contributed by atoms with E-state index in [9.17, 15) is 4.79 Å². The second kappa shape index (κ2) is 20.7. The van der Waals surface area contributed by atoms with Crippen molar-refractivity contribution in [2.24, 2.45) is 0 Å². The van der Waals surface area contributed by atoms with Crippen LogP contribution in [0.25, 0.3) is 0 Å². The van der Waals surface area contributed by atoms with Gasteiger partial charge in [0.2, 0.25) is 0 Å². The Bertz CT molecular complexity index is 432. The molecule has 192 valence electrons. The highest BCUT2D eigenvalue weighted by atomic mass is 79.9. The molecular weight excluding hydrogens is 508 g/mol. The molecule has 0 heterocycles. The van der Waals surface area contributed by atoms with E-state index in [0.29, 0.717) is 26.4 Å². The topological polar surface area (TPSA) is 54.0 Å². The molecule has 32 heavy (non-hydrogen) atoms. The predicted molar refractivity (Wildman–Crippen MR) is 143 cm³/mol. The summed E-state index contributed by atoms with van der Waals surface area (Å²) >= 11 is 5.37. The summed E-state index contributed by atoms with van der Waals surface area (Å²) in [7, 11) is -2.45. The van der Waals surface area contributed by atoms with Crippen molar-refractivity contribution in [1.82, 2.24) is 0 Å². The van der Waals surface area contributed by atoms with Gasteiger partial charge < -0.3 is 18.0 Å². The molecule has 0 saturated carbocycles. The van der Waals surface area contributed by atoms with Crippen LogP contribution < -0.4 is 0 Å². The number of alkyl halides is 1. The lowest BCUT2D eigenvalue weighted by Crippen LogP contribution is -2.46. The highest BCUT2D eigenvalue weighted by Gasteiger charge is 2.39. The molecule has 0 aromatic heterocycles. The number of hydrogen-bond donors (Lipinski definition) is 0. The lowest BCUT2D eigenvalue weighted by atomic mass is 10.1. The third-order valence-corrected chi connectivity index (χ3v) is 9.65. The monoisotopic (exact) mass is 556 g/mol. The predicted octanol–water partition coefficient (Wildman–Crippen LogP) is 7.39. The molecule has 0 aliphatic rings. The molecule has 0 bridgehead atoms. The van der Waals surface area contributed by atoms with Crippen LogP contribution in [0.4, 0.5) is 0 Å². The molecule has 8 heteroatoms. The zero-order valence-electron chi connectivity index (χ0n) is 21.3. The average molecular weight is 558 g/mol. The van der Waals surface area contributed by atoms with Crippen LogP contribution in [0, 0.1) is 0 Å². The van der Waals surface area contributed by atoms with Crippen LogP contribution in [0.3, 0.4) is 0 Å². The van der Waals surface area contributed by atoms with E-state index in [4.69, 9.17) is 18.0 Å². The zero-order chi connectivity index (χ0) is 24.1. The maximum absolute atomic E-state index is 11.6. The maximum Gasteiger partial charge on any atom is 0.500 e. The van der Waals surface area contributed by atoms with Gasteiger partial charge in [0.05, 0.1) is 6.61 Å². The Morgan fingerprint density at radius 3 is 1.66 bits per heavy atom. The van der Waals surface area contributed by atoms with E-state index in [1.54, 1.807) is 0 Å². The van der Waals surface area contributed by atoms with Gasteiger partial charge in [0.15, 0.2) is 0 Å². The average Bonchev–Trinajstić information content (AvgIpc) is 2.73. The molecule has 0 aromatic rings. The third kappa shape index (κ3) is 17.8. The first-order valence-electron chi connectivity index (χ1n) is 12.7. The van der Waals surface area contributed by atoms with Gasteiger partial charge >= 0.3 is 14.8 Å². The minimum absolute atomic E-state index is 0.174. The van der Waals surface area contributed by atoms with Crippen LogP contribution in [0.5, 0.6) is 0 Å². The molecule has 0 amide bonds. The molecule has 0 aliphatic carbocycles. The second-order valence-electron chi connectivity index (χ2n) is 8.49. The highest BCUT2D eigenvalue weighted by Crippen LogP contribution is 2.21. The van der Waals surface area contributed by atoms with Crippen LogP contribution in [-0.2, 0) is 22.8 Å². The maximum atomic E-state index is 11.6. The Labute approximate surface area is 211 Å². The Hall–Kier alpha value is 0.397. The lowest BCUT2D eigenvalue weighted by Gasteiger charge is -2.28. The van der Waals surface area contributed by atoms with E-state index in [1.165, 1.54) is 50.7 Å². The number of rotatable bonds is 23. The fourth-order valence-corrected chi connectivity index (χ4v) is 7.32. The molecule has 5 nitrogen and oxygen atoms in total. The van der Waals surface area contributed by atoms with Gasteiger partial charge in [-0.15, -0.1) is 0 Å². The van der Waals surface area contributed by atoms with Crippen molar-refractivity contribution in [3.05, 3.63) is 0 Å². The Morgan fingerprint density at radius 2 is 1.19 bits per heavy atom. The summed E-state index contributed by atoms with van der Waals surface area (Å²) in [6.45, 7) is 12.2. The molecule has 0 saturated heterocycles. The summed E-state index contributed by atoms with van der Waals surface area (Å²) in [5.74, 6) is 2.23. The van der Waals surface area contributed by atoms with Crippen molar-refractivity contribution < 1.29 is 22.8 Å². The minimum atomic E-state index is -2.45. The molecule has 0 aliphatic heterocycles. The fraction of sp³-hybridized carbons (Fsp3) is 0.958. The number of halogens is 1. The van der Waals surface area contributed by atoms with Crippen molar-refractivity contribution in [2.45, 2.75) is 109 Å². The first kappa shape index (κ1) is 32.4. The Kier molecular flexibility index (Phi) is 21.0. The first-order valence-corrected chi connectivity index (χ1v) is 16.5. The normalized spacial score (nSPS) is 12.3. The van der Waals surface area contributed by atoms with Gasteiger partial charge in [0, 0.05) is 25.9 Å². The van der Waals surface area contributed by atoms with Crippen molar-refractivity contribution in [1.29, 1.82) is 0 Å². The minimum Gasteiger partial charge on any atom is -0.465 e. The van der Waals surface area contributed by atoms with E-state index >= 15 is 0 Å². The molecule has 0 atom stereocenters. The molecule has 0 radical (unpaired) electrons. The van der Waals surface area contributed by atoms with Crippen LogP contribution in [0.1, 0.15) is 98.8 Å². The largest absolute Gasteiger partial charge is 0.500 e. The first-order chi connectivity index (χ1) is 15.3. The number of hydrogen-bond acceptors (Lipinski definition) is 6. The summed E-state index contributed by atoms with van der Waals surface area (Å²) in [6, 6.07) is 0.923. The van der Waals surface area contributed by atoms with Crippen LogP contribution in [0.15, 0.2) is 0 Å². The summed E-state index contributed by atoms with van der Waals surface area (Å²) in [6.07, 6.45) is 12.4. The summed E-state index contributed by atoms with van der Waals surface area (Å²) < 4.78 is 22.4. The number of carbonyl (C=O) groups excluding carboxylic acids is 1. The van der Waals surface area contributed by atoms with Gasteiger partial charge in [-0.05, 0) is 65.4 Å². The van der Waals surface area contributed by atoms with Crippen LogP contribution >= 0.6 is 27.7 Å². The summed E-state index contributed by atoms with van der Waals surface area (Å²) in [4.78, 5) is 11.6. The highest BCUT2D eigenvalue weighted by molar-refractivity contribution is 9.10. The second-order valence-corrected chi connectivity index (χ2v) is 14.4. The van der Waals surface area contributed by atoms with Gasteiger partial charge in [-0.3, -0.25) is 4.79 Å². The van der Waals surface area contributed by atoms with E-state index in [1.807, 2.05) is 46.4 Å². The SMILES string of the molecule is CCO[Si](CCCSCCCCCCCCCCCOC(=O)C(C)(C)Br)(OCC)OCC. The quantitative estimate of drug-likeness (QED) is 0.0565. The summed E-state index contributed by atoms with van der Waals surface area (Å²) in [5.41, 5.74) is 0. The van der Waals surface area contributed by atoms with Crippen LogP contribution in [0.2, 0.25) is 6.04 Å². The van der Waals surface area contributed by atoms with Gasteiger partial charge in [-0.1, -0.05) is 60.9 Å². The van der Waals surface area contributed by atoms with E-state index < -0.39 is 13.1 Å². The standard InChI is InChI=1S/C24H49BrO5SSi/c1-6-28-32(29-7-2,30-8-3)22-18-21-31-20-17-15-13-11-9-10-12-14-16-19-27-23(26)24(4,5)25/h6-22H2,1-5H3. The van der Waals surface area contributed by atoms with Gasteiger partial charge in [0.1, 0.15) is 4.32 Å². The van der Waals surface area contributed by atoms with Gasteiger partial charge in [-0.25, -0.2) is 0 Å². The number of thioether (sulfide) groups is 1. The fourth-order valence-electron chi connectivity index (χ4n) is 3.37. The van der Waals surface area contributed by atoms with E-state index in [-0.39, 0.29) is 5.97 Å². The number of esters is 1. The number of ether oxygens (including phenoxy) is 1. The van der Waals surface area contributed by atoms with Gasteiger partial charge in [-0.2, -0.15) is 11.8 Å².